The van der Waals surface area contributed by atoms with E-state index < -0.39 is 0 Å². The second-order valence-electron chi connectivity index (χ2n) is 6.95. The number of nitrogens with zero attached hydrogens (tertiary/aromatic N) is 3. The number of anilines is 1. The largest absolute Gasteiger partial charge is 0.497 e. The predicted molar refractivity (Wildman–Crippen MR) is 118 cm³/mol. The number of carbonyl (C=O) groups excluding carboxylic acids is 1. The van der Waals surface area contributed by atoms with Crippen LogP contribution in [0.1, 0.15) is 10.9 Å². The molecule has 3 aromatic rings. The zero-order valence-electron chi connectivity index (χ0n) is 17.3. The highest BCUT2D eigenvalue weighted by atomic mass is 32.2. The summed E-state index contributed by atoms with van der Waals surface area (Å²) in [5.41, 5.74) is 2.56. The van der Waals surface area contributed by atoms with Gasteiger partial charge in [-0.1, -0.05) is 30.3 Å². The highest BCUT2D eigenvalue weighted by molar-refractivity contribution is 8.00. The maximum absolute atomic E-state index is 13.2. The first-order chi connectivity index (χ1) is 14.5. The van der Waals surface area contributed by atoms with E-state index in [0.29, 0.717) is 22.9 Å². The van der Waals surface area contributed by atoms with Gasteiger partial charge in [-0.05, 0) is 12.1 Å². The summed E-state index contributed by atoms with van der Waals surface area (Å²) in [4.78, 5) is 27.9. The van der Waals surface area contributed by atoms with E-state index in [1.54, 1.807) is 36.9 Å². The predicted octanol–water partition coefficient (Wildman–Crippen LogP) is 3.19. The molecule has 2 aromatic carbocycles. The van der Waals surface area contributed by atoms with Gasteiger partial charge in [0.25, 0.3) is 5.56 Å². The first-order valence-electron chi connectivity index (χ1n) is 9.45. The van der Waals surface area contributed by atoms with E-state index >= 15 is 0 Å². The van der Waals surface area contributed by atoms with Crippen molar-refractivity contribution in [1.82, 2.24) is 9.36 Å². The summed E-state index contributed by atoms with van der Waals surface area (Å²) >= 11 is 1.48. The van der Waals surface area contributed by atoms with Gasteiger partial charge in [0.15, 0.2) is 0 Å². The number of hydrogen-bond donors (Lipinski definition) is 0. The number of rotatable bonds is 5. The van der Waals surface area contributed by atoms with Crippen molar-refractivity contribution in [2.45, 2.75) is 5.37 Å². The van der Waals surface area contributed by atoms with E-state index in [2.05, 4.69) is 0 Å². The van der Waals surface area contributed by atoms with Crippen LogP contribution in [0.2, 0.25) is 0 Å². The van der Waals surface area contributed by atoms with Crippen LogP contribution in [0.3, 0.4) is 0 Å². The van der Waals surface area contributed by atoms with Gasteiger partial charge in [-0.3, -0.25) is 23.9 Å². The van der Waals surface area contributed by atoms with Crippen molar-refractivity contribution in [3.63, 3.8) is 0 Å². The van der Waals surface area contributed by atoms with E-state index in [1.807, 2.05) is 49.5 Å². The number of amides is 1. The van der Waals surface area contributed by atoms with E-state index in [0.717, 1.165) is 11.1 Å². The quantitative estimate of drug-likeness (QED) is 0.628. The Hall–Kier alpha value is -3.13. The Bertz CT molecular complexity index is 1150. The Labute approximate surface area is 178 Å². The number of carbonyl (C=O) groups is 1. The normalized spacial score (nSPS) is 16.2. The lowest BCUT2D eigenvalue weighted by atomic mass is 10.1. The molecule has 1 amide bonds. The van der Waals surface area contributed by atoms with Crippen molar-refractivity contribution in [3.05, 3.63) is 64.4 Å². The molecular weight excluding hydrogens is 402 g/mol. The molecule has 0 N–H and O–H groups in total. The van der Waals surface area contributed by atoms with Gasteiger partial charge < -0.3 is 9.47 Å². The van der Waals surface area contributed by atoms with E-state index in [-0.39, 0.29) is 22.6 Å². The van der Waals surface area contributed by atoms with Crippen molar-refractivity contribution in [1.29, 1.82) is 0 Å². The molecule has 1 fully saturated rings. The summed E-state index contributed by atoms with van der Waals surface area (Å²) in [7, 11) is 6.70. The minimum atomic E-state index is -0.379. The van der Waals surface area contributed by atoms with Gasteiger partial charge in [0.1, 0.15) is 22.6 Å². The van der Waals surface area contributed by atoms with Crippen LogP contribution in [-0.2, 0) is 18.9 Å². The second kappa shape index (κ2) is 7.95. The highest BCUT2D eigenvalue weighted by Crippen LogP contribution is 2.46. The van der Waals surface area contributed by atoms with Crippen LogP contribution in [0, 0.1) is 0 Å². The van der Waals surface area contributed by atoms with Crippen molar-refractivity contribution in [3.8, 4) is 22.8 Å². The van der Waals surface area contributed by atoms with Crippen LogP contribution in [0.15, 0.2) is 53.3 Å². The number of thioether (sulfide) groups is 1. The van der Waals surface area contributed by atoms with Crippen LogP contribution < -0.4 is 19.9 Å². The van der Waals surface area contributed by atoms with Gasteiger partial charge >= 0.3 is 0 Å². The minimum absolute atomic E-state index is 0.108. The summed E-state index contributed by atoms with van der Waals surface area (Å²) < 4.78 is 14.2. The molecule has 1 atom stereocenters. The molecule has 1 aromatic heterocycles. The lowest BCUT2D eigenvalue weighted by Crippen LogP contribution is -2.33. The zero-order valence-corrected chi connectivity index (χ0v) is 18.1. The lowest BCUT2D eigenvalue weighted by Gasteiger charge is -2.25. The van der Waals surface area contributed by atoms with Crippen molar-refractivity contribution < 1.29 is 14.3 Å². The Balaban J connectivity index is 1.91. The molecule has 0 aliphatic carbocycles. The van der Waals surface area contributed by atoms with E-state index in [1.165, 1.54) is 16.4 Å². The Morgan fingerprint density at radius 3 is 2.37 bits per heavy atom. The van der Waals surface area contributed by atoms with Crippen LogP contribution in [0.5, 0.6) is 11.5 Å². The molecule has 7 nitrogen and oxygen atoms in total. The summed E-state index contributed by atoms with van der Waals surface area (Å²) in [6, 6.07) is 15.1. The summed E-state index contributed by atoms with van der Waals surface area (Å²) in [6.07, 6.45) is 0. The smallest absolute Gasteiger partial charge is 0.291 e. The molecule has 4 rings (SSSR count). The third kappa shape index (κ3) is 3.17. The fourth-order valence-corrected chi connectivity index (χ4v) is 4.93. The Morgan fingerprint density at radius 1 is 0.967 bits per heavy atom. The van der Waals surface area contributed by atoms with Crippen molar-refractivity contribution >= 4 is 23.4 Å². The molecule has 156 valence electrons. The average molecular weight is 426 g/mol. The third-order valence-corrected chi connectivity index (χ3v) is 6.55. The molecular formula is C22H23N3O4S. The molecule has 8 heteroatoms. The van der Waals surface area contributed by atoms with Gasteiger partial charge in [-0.15, -0.1) is 11.8 Å². The molecule has 1 saturated heterocycles. The first kappa shape index (κ1) is 20.2. The number of hydrogen-bond acceptors (Lipinski definition) is 5. The van der Waals surface area contributed by atoms with Crippen molar-refractivity contribution in [2.75, 3.05) is 24.9 Å². The average Bonchev–Trinajstić information content (AvgIpc) is 3.25. The maximum atomic E-state index is 13.2. The topological polar surface area (TPSA) is 65.7 Å². The maximum Gasteiger partial charge on any atom is 0.291 e. The molecule has 1 aliphatic rings. The molecule has 2 heterocycles. The molecule has 1 unspecified atom stereocenters. The number of aromatic nitrogens is 2. The standard InChI is InChI=1S/C22H23N3O4S/c1-23-19(14-8-6-5-7-9-14)20(21(27)24(23)2)25-18(26)13-30-22(25)16-11-10-15(28-3)12-17(16)29-4/h5-12,22H,13H2,1-4H3. The lowest BCUT2D eigenvalue weighted by molar-refractivity contribution is -0.115. The van der Waals surface area contributed by atoms with Gasteiger partial charge in [0.2, 0.25) is 5.91 Å². The zero-order chi connectivity index (χ0) is 21.4. The summed E-state index contributed by atoms with van der Waals surface area (Å²) in [5.74, 6) is 1.45. The van der Waals surface area contributed by atoms with Crippen LogP contribution in [0.25, 0.3) is 11.3 Å². The molecule has 1 aliphatic heterocycles. The summed E-state index contributed by atoms with van der Waals surface area (Å²) in [5, 5.41) is -0.379. The third-order valence-electron chi connectivity index (χ3n) is 5.36. The van der Waals surface area contributed by atoms with Gasteiger partial charge in [0.05, 0.1) is 25.7 Å². The highest BCUT2D eigenvalue weighted by Gasteiger charge is 2.40. The monoisotopic (exact) mass is 425 g/mol. The van der Waals surface area contributed by atoms with Crippen LogP contribution >= 0.6 is 11.8 Å². The van der Waals surface area contributed by atoms with E-state index in [4.69, 9.17) is 9.47 Å². The molecule has 0 saturated carbocycles. The SMILES string of the molecule is COc1ccc(C2SCC(=O)N2c2c(-c3ccccc3)n(C)n(C)c2=O)c(OC)c1. The van der Waals surface area contributed by atoms with Gasteiger partial charge in [0, 0.05) is 31.3 Å². The molecule has 30 heavy (non-hydrogen) atoms. The molecule has 0 radical (unpaired) electrons. The van der Waals surface area contributed by atoms with Gasteiger partial charge in [-0.25, -0.2) is 0 Å². The number of benzene rings is 2. The number of methoxy groups -OCH3 is 2. The van der Waals surface area contributed by atoms with E-state index in [9.17, 15) is 9.59 Å². The fourth-order valence-electron chi connectivity index (χ4n) is 3.75. The van der Waals surface area contributed by atoms with Crippen molar-refractivity contribution in [2.24, 2.45) is 14.1 Å². The Kier molecular flexibility index (Phi) is 5.34. The molecule has 0 spiro atoms. The van der Waals surface area contributed by atoms with Crippen LogP contribution in [-0.4, -0.2) is 35.2 Å². The van der Waals surface area contributed by atoms with Crippen LogP contribution in [0.4, 0.5) is 5.69 Å². The number of ether oxygens (including phenoxy) is 2. The first-order valence-corrected chi connectivity index (χ1v) is 10.5. The molecule has 0 bridgehead atoms. The second-order valence-corrected chi connectivity index (χ2v) is 8.02. The minimum Gasteiger partial charge on any atom is -0.497 e. The fraction of sp³-hybridized carbons (Fsp3) is 0.273. The summed E-state index contributed by atoms with van der Waals surface area (Å²) in [6.45, 7) is 0. The van der Waals surface area contributed by atoms with Gasteiger partial charge in [-0.2, -0.15) is 0 Å². The Morgan fingerprint density at radius 2 is 1.70 bits per heavy atom.